The van der Waals surface area contributed by atoms with Crippen LogP contribution < -0.4 is 21.3 Å². The number of benzene rings is 3. The highest BCUT2D eigenvalue weighted by Gasteiger charge is 2.36. The average Bonchev–Trinajstić information content (AvgIpc) is 3.57. The summed E-state index contributed by atoms with van der Waals surface area (Å²) < 4.78 is 35.5. The predicted octanol–water partition coefficient (Wildman–Crippen LogP) is 5.49. The topological polar surface area (TPSA) is 152 Å². The molecule has 288 valence electrons. The first-order valence-corrected chi connectivity index (χ1v) is 18.0. The van der Waals surface area contributed by atoms with E-state index in [-0.39, 0.29) is 55.2 Å². The Balaban J connectivity index is 0.000000260. The van der Waals surface area contributed by atoms with E-state index in [1.54, 1.807) is 7.05 Å². The van der Waals surface area contributed by atoms with Crippen LogP contribution in [0.1, 0.15) is 63.0 Å². The van der Waals surface area contributed by atoms with E-state index < -0.39 is 18.1 Å². The van der Waals surface area contributed by atoms with Crippen LogP contribution in [0.25, 0.3) is 10.8 Å². The van der Waals surface area contributed by atoms with E-state index in [1.807, 2.05) is 79.7 Å². The highest BCUT2D eigenvalue weighted by atomic mass is 19.3. The molecule has 4 atom stereocenters. The second-order valence-corrected chi connectivity index (χ2v) is 13.4. The van der Waals surface area contributed by atoms with Crippen LogP contribution in [0.15, 0.2) is 72.8 Å². The molecular weight excluding hydrogens is 686 g/mol. The van der Waals surface area contributed by atoms with Crippen molar-refractivity contribution in [3.8, 4) is 0 Å². The van der Waals surface area contributed by atoms with Crippen LogP contribution in [0.5, 0.6) is 0 Å². The highest BCUT2D eigenvalue weighted by molar-refractivity contribution is 5.86. The highest BCUT2D eigenvalue weighted by Crippen LogP contribution is 2.37. The molecule has 0 bridgehead atoms. The molecule has 11 nitrogen and oxygen atoms in total. The number of halogens is 2. The minimum Gasteiger partial charge on any atom is -0.471 e. The van der Waals surface area contributed by atoms with Crippen LogP contribution in [-0.2, 0) is 41.7 Å². The first kappa shape index (κ1) is 42.5. The number of rotatable bonds is 14. The zero-order valence-electron chi connectivity index (χ0n) is 30.7. The summed E-state index contributed by atoms with van der Waals surface area (Å²) in [5.74, 6) is -2.47. The van der Waals surface area contributed by atoms with Crippen LogP contribution in [0, 0.1) is 11.8 Å². The number of hydrogen-bond donors (Lipinski definition) is 4. The maximum Gasteiger partial charge on any atom is 0.408 e. The van der Waals surface area contributed by atoms with Gasteiger partial charge in [-0.1, -0.05) is 72.8 Å². The van der Waals surface area contributed by atoms with E-state index in [2.05, 4.69) is 26.0 Å². The third kappa shape index (κ3) is 14.9. The Morgan fingerprint density at radius 2 is 1.60 bits per heavy atom. The number of nitrogens with one attached hydrogen (secondary N) is 4. The molecule has 4 unspecified atom stereocenters. The van der Waals surface area contributed by atoms with Gasteiger partial charge in [0.15, 0.2) is 0 Å². The number of ether oxygens (including phenoxy) is 2. The Bertz CT molecular complexity index is 1590. The van der Waals surface area contributed by atoms with Crippen molar-refractivity contribution in [2.45, 2.75) is 88.9 Å². The lowest BCUT2D eigenvalue weighted by Crippen LogP contribution is -2.47. The minimum absolute atomic E-state index is 0.0334. The van der Waals surface area contributed by atoms with Crippen LogP contribution in [-0.4, -0.2) is 75.4 Å². The van der Waals surface area contributed by atoms with Crippen molar-refractivity contribution in [1.82, 2.24) is 21.3 Å². The molecule has 0 radical (unpaired) electrons. The fourth-order valence-electron chi connectivity index (χ4n) is 6.48. The van der Waals surface area contributed by atoms with Gasteiger partial charge in [0.2, 0.25) is 17.7 Å². The molecule has 1 saturated carbocycles. The normalized spacial score (nSPS) is 18.0. The molecule has 1 aliphatic carbocycles. The Labute approximate surface area is 309 Å². The van der Waals surface area contributed by atoms with Crippen LogP contribution in [0.2, 0.25) is 0 Å². The molecule has 1 saturated heterocycles. The van der Waals surface area contributed by atoms with Crippen molar-refractivity contribution >= 4 is 41.4 Å². The molecule has 53 heavy (non-hydrogen) atoms. The summed E-state index contributed by atoms with van der Waals surface area (Å²) in [4.78, 5) is 56.3. The van der Waals surface area contributed by atoms with Gasteiger partial charge >= 0.3 is 6.09 Å². The third-order valence-corrected chi connectivity index (χ3v) is 9.36. The van der Waals surface area contributed by atoms with Gasteiger partial charge in [0.1, 0.15) is 12.9 Å². The summed E-state index contributed by atoms with van der Waals surface area (Å²) in [6, 6.07) is 22.2. The Kier molecular flexibility index (Phi) is 17.8. The van der Waals surface area contributed by atoms with Gasteiger partial charge in [0, 0.05) is 37.8 Å². The van der Waals surface area contributed by atoms with Crippen molar-refractivity contribution in [2.75, 3.05) is 20.7 Å². The fourth-order valence-corrected chi connectivity index (χ4v) is 6.48. The fraction of sp³-hybridized carbons (Fsp3) is 0.475. The molecule has 3 aromatic rings. The zero-order valence-corrected chi connectivity index (χ0v) is 30.7. The van der Waals surface area contributed by atoms with Crippen molar-refractivity contribution in [3.63, 3.8) is 0 Å². The molecule has 5 rings (SSSR count). The summed E-state index contributed by atoms with van der Waals surface area (Å²) in [5, 5.41) is 13.6. The van der Waals surface area contributed by atoms with Gasteiger partial charge in [-0.2, -0.15) is 0 Å². The smallest absolute Gasteiger partial charge is 0.408 e. The van der Waals surface area contributed by atoms with E-state index in [0.29, 0.717) is 45.1 Å². The largest absolute Gasteiger partial charge is 0.471 e. The van der Waals surface area contributed by atoms with Gasteiger partial charge in [0.25, 0.3) is 6.47 Å². The summed E-state index contributed by atoms with van der Waals surface area (Å²) in [6.45, 7) is 3.15. The number of carbonyl (C=O) groups is 5. The second kappa shape index (κ2) is 22.2. The number of carbonyl (C=O) groups excluding carboxylic acids is 5. The molecule has 2 fully saturated rings. The molecule has 13 heteroatoms. The maximum absolute atomic E-state index is 13.2. The summed E-state index contributed by atoms with van der Waals surface area (Å²) in [5.41, 5.74) is 1.91. The summed E-state index contributed by atoms with van der Waals surface area (Å²) in [6.07, 6.45) is 3.36. The molecule has 1 aliphatic heterocycles. The van der Waals surface area contributed by atoms with Gasteiger partial charge in [-0.05, 0) is 73.9 Å². The lowest BCUT2D eigenvalue weighted by atomic mass is 9.82. The monoisotopic (exact) mass is 738 g/mol. The van der Waals surface area contributed by atoms with E-state index in [0.717, 1.165) is 34.6 Å². The third-order valence-electron chi connectivity index (χ3n) is 9.36. The van der Waals surface area contributed by atoms with Crippen molar-refractivity contribution in [1.29, 1.82) is 0 Å². The van der Waals surface area contributed by atoms with Crippen LogP contribution >= 0.6 is 0 Å². The Morgan fingerprint density at radius 3 is 2.23 bits per heavy atom. The number of hydrogen-bond acceptors (Lipinski definition) is 8. The van der Waals surface area contributed by atoms with E-state index in [4.69, 9.17) is 9.53 Å². The Hall–Kier alpha value is -4.91. The summed E-state index contributed by atoms with van der Waals surface area (Å²) in [7, 11) is 3.03. The quantitative estimate of drug-likeness (QED) is 0.159. The van der Waals surface area contributed by atoms with Crippen molar-refractivity contribution in [2.24, 2.45) is 11.8 Å². The zero-order chi connectivity index (χ0) is 38.6. The standard InChI is InChI=1S/C21H19NO3.C17H29F2N3O2.C2H4O2/c23-14-19(22-21(24)25-15-16-7-2-1-3-8-16)13-18-11-6-10-17-9-4-5-12-20(17)18;1-11(9-13-5-8-21-15(13)23)22-16(24)14(20-2)10-12-3-6-17(18,19)7-4-12;1-4-2-3/h1-12,14,19H,13,15H2,(H,22,24);11-14,20H,3-10H2,1-2H3,(H,21,23)(H,22,24);2H,1H3. The first-order chi connectivity index (χ1) is 25.5. The first-order valence-electron chi connectivity index (χ1n) is 18.0. The number of amides is 3. The number of alkyl carbamates (subject to hydrolysis) is 1. The lowest BCUT2D eigenvalue weighted by molar-refractivity contribution is -0.126. The van der Waals surface area contributed by atoms with Crippen LogP contribution in [0.4, 0.5) is 13.6 Å². The molecule has 3 aromatic carbocycles. The van der Waals surface area contributed by atoms with Gasteiger partial charge in [-0.3, -0.25) is 14.4 Å². The molecule has 2 aliphatic rings. The predicted molar refractivity (Wildman–Crippen MR) is 198 cm³/mol. The molecule has 1 heterocycles. The molecule has 3 amide bonds. The SMILES string of the molecule is CNC(CC1CCC(F)(F)CC1)C(=O)NC(C)CC1CCNC1=O.COC=O.O=CC(Cc1cccc2ccccc12)NC(=O)OCc1ccccc1. The minimum atomic E-state index is -2.54. The van der Waals surface area contributed by atoms with Gasteiger partial charge in [-0.15, -0.1) is 0 Å². The lowest BCUT2D eigenvalue weighted by Gasteiger charge is -2.30. The van der Waals surface area contributed by atoms with Gasteiger partial charge < -0.3 is 35.5 Å². The molecule has 0 spiro atoms. The van der Waals surface area contributed by atoms with E-state index in [1.165, 1.54) is 7.11 Å². The number of alkyl halides is 2. The Morgan fingerprint density at radius 1 is 0.943 bits per heavy atom. The number of likely N-dealkylation sites (N-methyl/N-ethyl adjacent to an activating group) is 1. The second-order valence-electron chi connectivity index (χ2n) is 13.4. The molecule has 4 N–H and O–H groups in total. The number of aldehydes is 1. The average molecular weight is 739 g/mol. The maximum atomic E-state index is 13.2. The van der Waals surface area contributed by atoms with Crippen LogP contribution in [0.3, 0.4) is 0 Å². The summed E-state index contributed by atoms with van der Waals surface area (Å²) >= 11 is 0. The molecular formula is C40H52F2N4O7. The number of fused-ring (bicyclic) bond motifs is 1. The van der Waals surface area contributed by atoms with Gasteiger partial charge in [-0.25, -0.2) is 13.6 Å². The molecule has 0 aromatic heterocycles. The number of methoxy groups -OCH3 is 1. The van der Waals surface area contributed by atoms with E-state index >= 15 is 0 Å². The van der Waals surface area contributed by atoms with Crippen molar-refractivity contribution < 1.29 is 42.2 Å². The van der Waals surface area contributed by atoms with E-state index in [9.17, 15) is 28.0 Å². The van der Waals surface area contributed by atoms with Gasteiger partial charge in [0.05, 0.1) is 19.2 Å². The van der Waals surface area contributed by atoms with Crippen molar-refractivity contribution in [3.05, 3.63) is 83.9 Å².